The van der Waals surface area contributed by atoms with Crippen molar-refractivity contribution in [1.82, 2.24) is 4.31 Å². The molecule has 1 heterocycles. The Morgan fingerprint density at radius 1 is 1.54 bits per heavy atom. The zero-order chi connectivity index (χ0) is 10.3. The number of hydrogen-bond donors (Lipinski definition) is 2. The van der Waals surface area contributed by atoms with Crippen LogP contribution in [0.5, 0.6) is 0 Å². The smallest absolute Gasteiger partial charge is 0.320 e. The summed E-state index contributed by atoms with van der Waals surface area (Å²) in [6, 6.07) is 0. The third-order valence-corrected chi connectivity index (χ3v) is 3.39. The first-order chi connectivity index (χ1) is 5.73. The van der Waals surface area contributed by atoms with E-state index in [-0.39, 0.29) is 13.1 Å². The molecule has 0 aliphatic carbocycles. The van der Waals surface area contributed by atoms with Gasteiger partial charge in [-0.3, -0.25) is 4.79 Å². The molecule has 0 radical (unpaired) electrons. The van der Waals surface area contributed by atoms with Gasteiger partial charge in [0.25, 0.3) is 0 Å². The molecule has 0 amide bonds. The molecule has 0 atom stereocenters. The summed E-state index contributed by atoms with van der Waals surface area (Å²) in [6.07, 6.45) is 0. The van der Waals surface area contributed by atoms with Crippen LogP contribution in [-0.2, 0) is 14.8 Å². The molecule has 1 saturated heterocycles. The summed E-state index contributed by atoms with van der Waals surface area (Å²) < 4.78 is 23.2. The van der Waals surface area contributed by atoms with Crippen LogP contribution in [0.4, 0.5) is 0 Å². The fourth-order valence-corrected chi connectivity index (χ4v) is 2.60. The van der Waals surface area contributed by atoms with Gasteiger partial charge < -0.3 is 10.2 Å². The van der Waals surface area contributed by atoms with Gasteiger partial charge in [0.15, 0.2) is 5.75 Å². The van der Waals surface area contributed by atoms with Crippen molar-refractivity contribution in [2.75, 3.05) is 18.8 Å². The van der Waals surface area contributed by atoms with Crippen molar-refractivity contribution in [3.63, 3.8) is 0 Å². The van der Waals surface area contributed by atoms with Crippen molar-refractivity contribution < 1.29 is 23.4 Å². The average Bonchev–Trinajstić information content (AvgIpc) is 1.79. The first-order valence-corrected chi connectivity index (χ1v) is 5.26. The molecule has 1 aliphatic heterocycles. The van der Waals surface area contributed by atoms with Crippen molar-refractivity contribution in [2.45, 2.75) is 12.5 Å². The fourth-order valence-electron chi connectivity index (χ4n) is 1.16. The molecule has 0 aromatic rings. The molecule has 76 valence electrons. The van der Waals surface area contributed by atoms with Crippen molar-refractivity contribution in [3.05, 3.63) is 0 Å². The average molecular weight is 209 g/mol. The van der Waals surface area contributed by atoms with Gasteiger partial charge in [0, 0.05) is 13.1 Å². The third-order valence-electron chi connectivity index (χ3n) is 1.73. The highest BCUT2D eigenvalue weighted by Gasteiger charge is 2.43. The van der Waals surface area contributed by atoms with Crippen LogP contribution in [0.15, 0.2) is 0 Å². The third kappa shape index (κ3) is 2.39. The molecule has 0 bridgehead atoms. The minimum absolute atomic E-state index is 0.0252. The summed E-state index contributed by atoms with van der Waals surface area (Å²) in [5.74, 6) is -2.30. The van der Waals surface area contributed by atoms with Gasteiger partial charge in [-0.2, -0.15) is 4.31 Å². The van der Waals surface area contributed by atoms with Gasteiger partial charge in [-0.25, -0.2) is 8.42 Å². The van der Waals surface area contributed by atoms with Crippen LogP contribution in [0, 0.1) is 0 Å². The zero-order valence-corrected chi connectivity index (χ0v) is 7.91. The SMILES string of the molecule is CC1(O)CN(S(=O)(=O)CC(=O)O)C1. The first kappa shape index (κ1) is 10.4. The molecule has 13 heavy (non-hydrogen) atoms. The zero-order valence-electron chi connectivity index (χ0n) is 7.10. The maximum absolute atomic E-state index is 11.1. The molecule has 0 saturated carbocycles. The van der Waals surface area contributed by atoms with Crippen LogP contribution in [0.2, 0.25) is 0 Å². The van der Waals surface area contributed by atoms with Gasteiger partial charge in [0.1, 0.15) is 0 Å². The summed E-state index contributed by atoms with van der Waals surface area (Å²) in [5.41, 5.74) is -1.01. The number of nitrogens with zero attached hydrogens (tertiary/aromatic N) is 1. The number of carboxylic acids is 1. The summed E-state index contributed by atoms with van der Waals surface area (Å²) in [6.45, 7) is 1.45. The molecule has 6 nitrogen and oxygen atoms in total. The van der Waals surface area contributed by atoms with Crippen LogP contribution in [0.1, 0.15) is 6.92 Å². The standard InChI is InChI=1S/C6H11NO5S/c1-6(10)3-7(4-6)13(11,12)2-5(8)9/h10H,2-4H2,1H3,(H,8,9). The minimum atomic E-state index is -3.72. The predicted molar refractivity (Wildman–Crippen MR) is 43.6 cm³/mol. The maximum atomic E-state index is 11.1. The molecule has 0 aromatic heterocycles. The Hall–Kier alpha value is -0.660. The topological polar surface area (TPSA) is 94.9 Å². The minimum Gasteiger partial charge on any atom is -0.480 e. The largest absolute Gasteiger partial charge is 0.480 e. The monoisotopic (exact) mass is 209 g/mol. The van der Waals surface area contributed by atoms with Gasteiger partial charge in [-0.15, -0.1) is 0 Å². The van der Waals surface area contributed by atoms with Gasteiger partial charge in [-0.1, -0.05) is 0 Å². The lowest BCUT2D eigenvalue weighted by Gasteiger charge is -2.42. The second-order valence-corrected chi connectivity index (χ2v) is 5.38. The van der Waals surface area contributed by atoms with E-state index in [4.69, 9.17) is 5.11 Å². The summed E-state index contributed by atoms with van der Waals surface area (Å²) in [7, 11) is -3.72. The van der Waals surface area contributed by atoms with Crippen LogP contribution in [0.3, 0.4) is 0 Å². The van der Waals surface area contributed by atoms with Crippen molar-refractivity contribution in [2.24, 2.45) is 0 Å². The highest BCUT2D eigenvalue weighted by Crippen LogP contribution is 2.23. The van der Waals surface area contributed by atoms with Crippen LogP contribution < -0.4 is 0 Å². The predicted octanol–water partition coefficient (Wildman–Crippen LogP) is -1.53. The van der Waals surface area contributed by atoms with E-state index in [1.54, 1.807) is 0 Å². The lowest BCUT2D eigenvalue weighted by atomic mass is 10.0. The summed E-state index contributed by atoms with van der Waals surface area (Å²) >= 11 is 0. The molecule has 7 heteroatoms. The molecule has 1 fully saturated rings. The number of carbonyl (C=O) groups is 1. The number of rotatable bonds is 3. The molecule has 0 unspecified atom stereocenters. The van der Waals surface area contributed by atoms with Crippen LogP contribution in [0.25, 0.3) is 0 Å². The van der Waals surface area contributed by atoms with Gasteiger partial charge in [0.2, 0.25) is 10.0 Å². The Bertz CT molecular complexity index is 312. The molecular weight excluding hydrogens is 198 g/mol. The molecule has 2 N–H and O–H groups in total. The van der Waals surface area contributed by atoms with E-state index < -0.39 is 27.3 Å². The van der Waals surface area contributed by atoms with Crippen molar-refractivity contribution >= 4 is 16.0 Å². The summed E-state index contributed by atoms with van der Waals surface area (Å²) in [5, 5.41) is 17.5. The Morgan fingerprint density at radius 3 is 2.31 bits per heavy atom. The van der Waals surface area contributed by atoms with Gasteiger partial charge in [-0.05, 0) is 6.92 Å². The van der Waals surface area contributed by atoms with E-state index >= 15 is 0 Å². The fraction of sp³-hybridized carbons (Fsp3) is 0.833. The molecule has 0 aromatic carbocycles. The first-order valence-electron chi connectivity index (χ1n) is 3.65. The quantitative estimate of drug-likeness (QED) is 0.588. The van der Waals surface area contributed by atoms with E-state index in [2.05, 4.69) is 0 Å². The highest BCUT2D eigenvalue weighted by molar-refractivity contribution is 7.89. The van der Waals surface area contributed by atoms with Crippen molar-refractivity contribution in [1.29, 1.82) is 0 Å². The van der Waals surface area contributed by atoms with E-state index in [9.17, 15) is 18.3 Å². The van der Waals surface area contributed by atoms with Gasteiger partial charge >= 0.3 is 5.97 Å². The van der Waals surface area contributed by atoms with Gasteiger partial charge in [0.05, 0.1) is 5.60 Å². The van der Waals surface area contributed by atoms with E-state index in [1.807, 2.05) is 0 Å². The number of aliphatic carboxylic acids is 1. The molecule has 1 rings (SSSR count). The number of aliphatic hydroxyl groups is 1. The van der Waals surface area contributed by atoms with Crippen molar-refractivity contribution in [3.8, 4) is 0 Å². The lowest BCUT2D eigenvalue weighted by Crippen LogP contribution is -2.62. The number of β-amino-alcohol motifs (C(OH)–C–C–N with tert-alkyl or cyclic N) is 1. The van der Waals surface area contributed by atoms with Crippen LogP contribution in [-0.4, -0.2) is 53.3 Å². The Balaban J connectivity index is 2.60. The van der Waals surface area contributed by atoms with E-state index in [0.717, 1.165) is 4.31 Å². The van der Waals surface area contributed by atoms with Crippen LogP contribution >= 0.6 is 0 Å². The second-order valence-electron chi connectivity index (χ2n) is 3.41. The Kier molecular flexibility index (Phi) is 2.35. The maximum Gasteiger partial charge on any atom is 0.320 e. The Morgan fingerprint density at radius 2 is 2.00 bits per heavy atom. The lowest BCUT2D eigenvalue weighted by molar-refractivity contribution is -0.134. The second kappa shape index (κ2) is 2.93. The highest BCUT2D eigenvalue weighted by atomic mass is 32.2. The van der Waals surface area contributed by atoms with E-state index in [0.29, 0.717) is 0 Å². The Labute approximate surface area is 75.8 Å². The normalized spacial score (nSPS) is 22.3. The molecular formula is C6H11NO5S. The molecule has 0 spiro atoms. The number of carboxylic acid groups (broad SMARTS) is 1. The number of sulfonamides is 1. The van der Waals surface area contributed by atoms with E-state index in [1.165, 1.54) is 6.92 Å². The number of hydrogen-bond acceptors (Lipinski definition) is 4. The summed E-state index contributed by atoms with van der Waals surface area (Å²) in [4.78, 5) is 10.2. The molecule has 1 aliphatic rings.